The predicted molar refractivity (Wildman–Crippen MR) is 103 cm³/mol. The lowest BCUT2D eigenvalue weighted by molar-refractivity contribution is 0.0238. The second kappa shape index (κ2) is 12.5. The van der Waals surface area contributed by atoms with Gasteiger partial charge in [0.2, 0.25) is 0 Å². The summed E-state index contributed by atoms with van der Waals surface area (Å²) in [5.41, 5.74) is 1.10. The van der Waals surface area contributed by atoms with Crippen molar-refractivity contribution in [3.8, 4) is 0 Å². The van der Waals surface area contributed by atoms with E-state index in [0.29, 0.717) is 19.6 Å². The van der Waals surface area contributed by atoms with Crippen molar-refractivity contribution >= 4 is 6.16 Å². The average Bonchev–Trinajstić information content (AvgIpc) is 3.01. The number of benzene rings is 1. The van der Waals surface area contributed by atoms with Gasteiger partial charge in [-0.25, -0.2) is 4.79 Å². The molecule has 1 fully saturated rings. The van der Waals surface area contributed by atoms with E-state index in [2.05, 4.69) is 19.1 Å². The van der Waals surface area contributed by atoms with E-state index >= 15 is 0 Å². The third-order valence-electron chi connectivity index (χ3n) is 4.56. The fraction of sp³-hybridized carbons (Fsp3) is 0.591. The Morgan fingerprint density at radius 1 is 0.962 bits per heavy atom. The summed E-state index contributed by atoms with van der Waals surface area (Å²) >= 11 is 0. The summed E-state index contributed by atoms with van der Waals surface area (Å²) in [6.45, 7) is 3.11. The molecule has 0 N–H and O–H groups in total. The van der Waals surface area contributed by atoms with Crippen molar-refractivity contribution in [2.45, 2.75) is 77.1 Å². The number of carbonyl (C=O) groups excluding carboxylic acids is 1. The molecule has 4 heteroatoms. The number of carbonyl (C=O) groups is 1. The second-order valence-corrected chi connectivity index (χ2v) is 6.83. The lowest BCUT2D eigenvalue weighted by atomic mass is 10.1. The Morgan fingerprint density at radius 2 is 1.69 bits per heavy atom. The van der Waals surface area contributed by atoms with Crippen LogP contribution in [0.15, 0.2) is 42.5 Å². The molecule has 2 atom stereocenters. The van der Waals surface area contributed by atoms with Crippen molar-refractivity contribution in [1.82, 2.24) is 0 Å². The van der Waals surface area contributed by atoms with Gasteiger partial charge in [-0.3, -0.25) is 0 Å². The molecule has 1 aromatic carbocycles. The smallest absolute Gasteiger partial charge is 0.427 e. The number of ether oxygens (including phenoxy) is 3. The van der Waals surface area contributed by atoms with Crippen molar-refractivity contribution in [3.05, 3.63) is 48.0 Å². The van der Waals surface area contributed by atoms with Crippen LogP contribution in [-0.2, 0) is 20.8 Å². The highest BCUT2D eigenvalue weighted by atomic mass is 16.8. The molecule has 0 aliphatic carbocycles. The van der Waals surface area contributed by atoms with Gasteiger partial charge in [-0.1, -0.05) is 81.5 Å². The lowest BCUT2D eigenvalue weighted by Gasteiger charge is -2.14. The summed E-state index contributed by atoms with van der Waals surface area (Å²) in [6.07, 6.45) is 12.7. The van der Waals surface area contributed by atoms with Crippen LogP contribution >= 0.6 is 0 Å². The molecule has 1 saturated heterocycles. The van der Waals surface area contributed by atoms with Crippen LogP contribution in [0.4, 0.5) is 4.79 Å². The molecular formula is C22H32O4. The Bertz CT molecular complexity index is 526. The van der Waals surface area contributed by atoms with Crippen LogP contribution in [0.2, 0.25) is 0 Å². The second-order valence-electron chi connectivity index (χ2n) is 6.83. The maximum absolute atomic E-state index is 11.4. The third kappa shape index (κ3) is 8.05. The molecule has 1 aliphatic rings. The average molecular weight is 360 g/mol. The molecule has 1 heterocycles. The molecular weight excluding hydrogens is 328 g/mol. The van der Waals surface area contributed by atoms with Crippen molar-refractivity contribution < 1.29 is 19.0 Å². The molecule has 0 amide bonds. The number of hydrogen-bond acceptors (Lipinski definition) is 4. The highest BCUT2D eigenvalue weighted by molar-refractivity contribution is 5.62. The van der Waals surface area contributed by atoms with Crippen LogP contribution < -0.4 is 0 Å². The molecule has 0 unspecified atom stereocenters. The topological polar surface area (TPSA) is 44.8 Å². The largest absolute Gasteiger partial charge is 0.509 e. The first-order valence-electron chi connectivity index (χ1n) is 9.93. The van der Waals surface area contributed by atoms with Crippen molar-refractivity contribution in [2.75, 3.05) is 6.61 Å². The zero-order valence-electron chi connectivity index (χ0n) is 15.9. The summed E-state index contributed by atoms with van der Waals surface area (Å²) in [5, 5.41) is 0. The molecule has 0 saturated carbocycles. The number of rotatable bonds is 13. The number of hydrogen-bond donors (Lipinski definition) is 0. The Kier molecular flexibility index (Phi) is 9.88. The minimum absolute atomic E-state index is 0.251. The number of unbranched alkanes of at least 4 members (excludes halogenated alkanes) is 6. The van der Waals surface area contributed by atoms with Gasteiger partial charge in [0.1, 0.15) is 6.10 Å². The van der Waals surface area contributed by atoms with E-state index in [1.807, 2.05) is 30.3 Å². The van der Waals surface area contributed by atoms with Crippen LogP contribution in [-0.4, -0.2) is 25.0 Å². The minimum atomic E-state index is -0.590. The van der Waals surface area contributed by atoms with E-state index in [4.69, 9.17) is 14.2 Å². The molecule has 2 rings (SSSR count). The first kappa shape index (κ1) is 20.5. The van der Waals surface area contributed by atoms with Gasteiger partial charge in [-0.2, -0.15) is 0 Å². The summed E-state index contributed by atoms with van der Waals surface area (Å²) in [6, 6.07) is 9.96. The Hall–Kier alpha value is -1.81. The van der Waals surface area contributed by atoms with Crippen LogP contribution in [0.5, 0.6) is 0 Å². The Labute approximate surface area is 157 Å². The number of cyclic esters (lactones) is 2. The zero-order chi connectivity index (χ0) is 18.5. The first-order valence-corrected chi connectivity index (χ1v) is 9.93. The van der Waals surface area contributed by atoms with Gasteiger partial charge in [0, 0.05) is 6.42 Å². The van der Waals surface area contributed by atoms with E-state index in [0.717, 1.165) is 12.0 Å². The number of allylic oxidation sites excluding steroid dienone is 1. The van der Waals surface area contributed by atoms with Crippen molar-refractivity contribution in [2.24, 2.45) is 0 Å². The van der Waals surface area contributed by atoms with E-state index < -0.39 is 6.16 Å². The zero-order valence-corrected chi connectivity index (χ0v) is 15.9. The van der Waals surface area contributed by atoms with Crippen LogP contribution in [0.1, 0.15) is 63.9 Å². The van der Waals surface area contributed by atoms with Crippen LogP contribution in [0.3, 0.4) is 0 Å². The molecule has 0 spiro atoms. The van der Waals surface area contributed by atoms with E-state index in [1.165, 1.54) is 38.5 Å². The highest BCUT2D eigenvalue weighted by Gasteiger charge is 2.35. The molecule has 0 bridgehead atoms. The van der Waals surface area contributed by atoms with Gasteiger partial charge < -0.3 is 14.2 Å². The van der Waals surface area contributed by atoms with Gasteiger partial charge in [0.25, 0.3) is 0 Å². The Morgan fingerprint density at radius 3 is 2.50 bits per heavy atom. The first-order chi connectivity index (χ1) is 12.8. The van der Waals surface area contributed by atoms with E-state index in [-0.39, 0.29) is 12.2 Å². The van der Waals surface area contributed by atoms with E-state index in [1.54, 1.807) is 0 Å². The predicted octanol–water partition coefficient (Wildman–Crippen LogP) is 5.80. The van der Waals surface area contributed by atoms with Gasteiger partial charge in [0.05, 0.1) is 13.2 Å². The van der Waals surface area contributed by atoms with E-state index in [9.17, 15) is 4.79 Å². The maximum Gasteiger partial charge on any atom is 0.509 e. The van der Waals surface area contributed by atoms with Gasteiger partial charge in [-0.05, 0) is 18.4 Å². The SMILES string of the molecule is CCCCCCCC/C=C\C[C@@H]1OC(=O)O[C@@H]1COCc1ccccc1. The molecule has 1 aromatic rings. The summed E-state index contributed by atoms with van der Waals surface area (Å²) in [5.74, 6) is 0. The van der Waals surface area contributed by atoms with Gasteiger partial charge >= 0.3 is 6.16 Å². The highest BCUT2D eigenvalue weighted by Crippen LogP contribution is 2.20. The molecule has 1 aliphatic heterocycles. The molecule has 26 heavy (non-hydrogen) atoms. The van der Waals surface area contributed by atoms with Crippen LogP contribution in [0, 0.1) is 0 Å². The summed E-state index contributed by atoms with van der Waals surface area (Å²) < 4.78 is 16.2. The van der Waals surface area contributed by atoms with Gasteiger partial charge in [-0.15, -0.1) is 0 Å². The molecule has 0 radical (unpaired) electrons. The third-order valence-corrected chi connectivity index (χ3v) is 4.56. The van der Waals surface area contributed by atoms with Crippen LogP contribution in [0.25, 0.3) is 0 Å². The van der Waals surface area contributed by atoms with Crippen molar-refractivity contribution in [1.29, 1.82) is 0 Å². The summed E-state index contributed by atoms with van der Waals surface area (Å²) in [7, 11) is 0. The monoisotopic (exact) mass is 360 g/mol. The summed E-state index contributed by atoms with van der Waals surface area (Å²) in [4.78, 5) is 11.4. The Balaban J connectivity index is 1.60. The van der Waals surface area contributed by atoms with Crippen molar-refractivity contribution in [3.63, 3.8) is 0 Å². The lowest BCUT2D eigenvalue weighted by Crippen LogP contribution is -2.27. The normalized spacial score (nSPS) is 19.7. The molecule has 4 nitrogen and oxygen atoms in total. The molecule has 144 valence electrons. The van der Waals surface area contributed by atoms with Gasteiger partial charge in [0.15, 0.2) is 6.10 Å². The fourth-order valence-corrected chi connectivity index (χ4v) is 3.03. The minimum Gasteiger partial charge on any atom is -0.427 e. The fourth-order valence-electron chi connectivity index (χ4n) is 3.03. The maximum atomic E-state index is 11.4. The quantitative estimate of drug-likeness (QED) is 0.253. The standard InChI is InChI=1S/C22H32O4/c1-2-3-4-5-6-7-8-9-13-16-20-21(26-22(23)25-20)18-24-17-19-14-11-10-12-15-19/h9-15,20-21H,2-8,16-18H2,1H3/b13-9-/t20-,21+/m0/s1. The molecule has 0 aromatic heterocycles.